The van der Waals surface area contributed by atoms with Gasteiger partial charge in [0.2, 0.25) is 5.78 Å². The molecule has 0 bridgehead atoms. The number of fused-ring (bicyclic) bond motifs is 1. The fourth-order valence-electron chi connectivity index (χ4n) is 4.29. The molecule has 5 heteroatoms. The summed E-state index contributed by atoms with van der Waals surface area (Å²) in [4.78, 5) is 9.92. The summed E-state index contributed by atoms with van der Waals surface area (Å²) < 4.78 is 2.93. The summed E-state index contributed by atoms with van der Waals surface area (Å²) in [5.41, 5.74) is 7.32. The van der Waals surface area contributed by atoms with E-state index in [2.05, 4.69) is 88.1 Å². The lowest BCUT2D eigenvalue weighted by Crippen LogP contribution is -2.26. The highest BCUT2D eigenvalue weighted by Crippen LogP contribution is 2.35. The van der Waals surface area contributed by atoms with Crippen LogP contribution in [0.1, 0.15) is 19.3 Å². The summed E-state index contributed by atoms with van der Waals surface area (Å²) in [5.74, 6) is 0.673. The van der Waals surface area contributed by atoms with Crippen molar-refractivity contribution in [2.24, 2.45) is 0 Å². The van der Waals surface area contributed by atoms with E-state index in [0.29, 0.717) is 11.8 Å². The third-order valence-electron chi connectivity index (χ3n) is 6.33. The van der Waals surface area contributed by atoms with Gasteiger partial charge in [-0.1, -0.05) is 72.8 Å². The average Bonchev–Trinajstić information content (AvgIpc) is 3.18. The van der Waals surface area contributed by atoms with E-state index in [1.807, 2.05) is 28.7 Å². The minimum atomic E-state index is 0.615. The van der Waals surface area contributed by atoms with E-state index in [1.54, 1.807) is 0 Å². The number of aromatic nitrogens is 3. The second kappa shape index (κ2) is 8.49. The van der Waals surface area contributed by atoms with Gasteiger partial charge in [0.15, 0.2) is 0 Å². The van der Waals surface area contributed by atoms with Crippen LogP contribution in [0.4, 0.5) is 5.69 Å². The van der Waals surface area contributed by atoms with E-state index in [4.69, 9.17) is 9.97 Å². The number of benzene rings is 3. The number of imidazole rings is 1. The predicted molar refractivity (Wildman–Crippen MR) is 138 cm³/mol. The molecule has 2 aromatic heterocycles. The number of nitrogens with one attached hydrogen (secondary N) is 1. The maximum Gasteiger partial charge on any atom is 0.235 e. The summed E-state index contributed by atoms with van der Waals surface area (Å²) in [6.45, 7) is 0. The van der Waals surface area contributed by atoms with Crippen LogP contribution in [0.3, 0.4) is 0 Å². The molecule has 4 nitrogen and oxygen atoms in total. The molecule has 1 aliphatic carbocycles. The van der Waals surface area contributed by atoms with Crippen molar-refractivity contribution in [3.05, 3.63) is 95.7 Å². The van der Waals surface area contributed by atoms with Crippen LogP contribution in [0, 0.1) is 0 Å². The zero-order valence-electron chi connectivity index (χ0n) is 18.1. The lowest BCUT2D eigenvalue weighted by Gasteiger charge is -2.27. The Morgan fingerprint density at radius 2 is 1.33 bits per heavy atom. The van der Waals surface area contributed by atoms with Crippen molar-refractivity contribution < 1.29 is 0 Å². The minimum absolute atomic E-state index is 0.615. The maximum atomic E-state index is 5.05. The third-order valence-corrected chi connectivity index (χ3v) is 7.08. The van der Waals surface area contributed by atoms with Gasteiger partial charge in [-0.15, -0.1) is 0 Å². The van der Waals surface area contributed by atoms with Gasteiger partial charge in [0.05, 0.1) is 5.69 Å². The smallest absolute Gasteiger partial charge is 0.235 e. The van der Waals surface area contributed by atoms with Crippen LogP contribution in [0.2, 0.25) is 0 Å². The van der Waals surface area contributed by atoms with Gasteiger partial charge in [-0.3, -0.25) is 4.40 Å². The minimum Gasteiger partial charge on any atom is -0.382 e. The molecule has 0 spiro atoms. The van der Waals surface area contributed by atoms with Gasteiger partial charge in [-0.05, 0) is 52.9 Å². The molecule has 1 N–H and O–H groups in total. The quantitative estimate of drug-likeness (QED) is 0.275. The third kappa shape index (κ3) is 3.83. The first-order valence-electron chi connectivity index (χ1n) is 11.3. The highest BCUT2D eigenvalue weighted by Gasteiger charge is 2.19. The molecule has 1 saturated carbocycles. The van der Waals surface area contributed by atoms with Crippen molar-refractivity contribution in [3.8, 4) is 33.6 Å². The van der Waals surface area contributed by atoms with Crippen LogP contribution >= 0.6 is 15.9 Å². The van der Waals surface area contributed by atoms with Crippen LogP contribution in [-0.2, 0) is 0 Å². The Kier molecular flexibility index (Phi) is 5.19. The van der Waals surface area contributed by atoms with Crippen molar-refractivity contribution >= 4 is 27.4 Å². The summed E-state index contributed by atoms with van der Waals surface area (Å²) in [6.07, 6.45) is 5.98. The molecule has 0 amide bonds. The van der Waals surface area contributed by atoms with Gasteiger partial charge < -0.3 is 5.32 Å². The Hall–Kier alpha value is -3.44. The van der Waals surface area contributed by atoms with Gasteiger partial charge >= 0.3 is 0 Å². The summed E-state index contributed by atoms with van der Waals surface area (Å²) in [6, 6.07) is 29.9. The van der Waals surface area contributed by atoms with E-state index < -0.39 is 0 Å². The zero-order chi connectivity index (χ0) is 22.2. The molecule has 0 saturated heterocycles. The van der Waals surface area contributed by atoms with Gasteiger partial charge in [0.25, 0.3) is 0 Å². The Labute approximate surface area is 201 Å². The molecule has 0 aliphatic heterocycles. The first kappa shape index (κ1) is 20.2. The van der Waals surface area contributed by atoms with E-state index in [9.17, 15) is 0 Å². The van der Waals surface area contributed by atoms with Gasteiger partial charge in [0.1, 0.15) is 10.3 Å². The lowest BCUT2D eigenvalue weighted by atomic mass is 9.93. The van der Waals surface area contributed by atoms with Crippen molar-refractivity contribution in [2.45, 2.75) is 25.3 Å². The normalized spacial score (nSPS) is 13.7. The molecule has 162 valence electrons. The number of anilines is 1. The SMILES string of the molecule is Brc1c(-c2ccccc2)nc2nc(-c3ccc(NC4CCC4)cc3)c(-c3ccccc3)cn12. The highest BCUT2D eigenvalue weighted by atomic mass is 79.9. The molecule has 33 heavy (non-hydrogen) atoms. The molecule has 2 heterocycles. The number of hydrogen-bond acceptors (Lipinski definition) is 3. The molecule has 1 fully saturated rings. The van der Waals surface area contributed by atoms with Gasteiger partial charge in [-0.25, -0.2) is 9.97 Å². The van der Waals surface area contributed by atoms with E-state index in [-0.39, 0.29) is 0 Å². The Bertz CT molecular complexity index is 1410. The average molecular weight is 495 g/mol. The monoisotopic (exact) mass is 494 g/mol. The van der Waals surface area contributed by atoms with Crippen molar-refractivity contribution in [1.82, 2.24) is 14.4 Å². The van der Waals surface area contributed by atoms with Crippen molar-refractivity contribution in [3.63, 3.8) is 0 Å². The molecule has 3 aromatic carbocycles. The predicted octanol–water partition coefficient (Wildman–Crippen LogP) is 7.46. The number of rotatable bonds is 5. The summed E-state index contributed by atoms with van der Waals surface area (Å²) in [5, 5.41) is 3.62. The summed E-state index contributed by atoms with van der Waals surface area (Å²) in [7, 11) is 0. The Balaban J connectivity index is 1.49. The largest absolute Gasteiger partial charge is 0.382 e. The Morgan fingerprint density at radius 1 is 0.727 bits per heavy atom. The highest BCUT2D eigenvalue weighted by molar-refractivity contribution is 9.10. The van der Waals surface area contributed by atoms with Crippen molar-refractivity contribution in [2.75, 3.05) is 5.32 Å². The van der Waals surface area contributed by atoms with Gasteiger partial charge in [0, 0.05) is 34.6 Å². The fourth-order valence-corrected chi connectivity index (χ4v) is 4.87. The zero-order valence-corrected chi connectivity index (χ0v) is 19.7. The Morgan fingerprint density at radius 3 is 1.97 bits per heavy atom. The molecular formula is C28H23BrN4. The lowest BCUT2D eigenvalue weighted by molar-refractivity contribution is 0.445. The molecule has 0 atom stereocenters. The molecule has 1 aliphatic rings. The molecule has 0 unspecified atom stereocenters. The van der Waals surface area contributed by atoms with E-state index in [0.717, 1.165) is 38.2 Å². The fraction of sp³-hybridized carbons (Fsp3) is 0.143. The van der Waals surface area contributed by atoms with Crippen LogP contribution in [0.15, 0.2) is 95.7 Å². The topological polar surface area (TPSA) is 42.2 Å². The van der Waals surface area contributed by atoms with Crippen LogP contribution in [-0.4, -0.2) is 20.4 Å². The molecule has 0 radical (unpaired) electrons. The number of nitrogens with zero attached hydrogens (tertiary/aromatic N) is 3. The van der Waals surface area contributed by atoms with Crippen molar-refractivity contribution in [1.29, 1.82) is 0 Å². The maximum absolute atomic E-state index is 5.05. The van der Waals surface area contributed by atoms with Crippen LogP contribution in [0.25, 0.3) is 39.4 Å². The molecule has 6 rings (SSSR count). The number of hydrogen-bond donors (Lipinski definition) is 1. The van der Waals surface area contributed by atoms with Crippen LogP contribution in [0.5, 0.6) is 0 Å². The number of halogens is 1. The summed E-state index contributed by atoms with van der Waals surface area (Å²) >= 11 is 3.77. The first-order valence-corrected chi connectivity index (χ1v) is 12.1. The second-order valence-corrected chi connectivity index (χ2v) is 9.26. The molecule has 5 aromatic rings. The van der Waals surface area contributed by atoms with Crippen LogP contribution < -0.4 is 5.32 Å². The van der Waals surface area contributed by atoms with E-state index in [1.165, 1.54) is 24.9 Å². The van der Waals surface area contributed by atoms with Gasteiger partial charge in [-0.2, -0.15) is 0 Å². The second-order valence-electron chi connectivity index (χ2n) is 8.51. The first-order chi connectivity index (χ1) is 16.3. The van der Waals surface area contributed by atoms with E-state index >= 15 is 0 Å². The molecular weight excluding hydrogens is 472 g/mol. The standard InChI is InChI=1S/C28H23BrN4/c29-27-26(20-10-5-2-6-11-20)32-28-31-25(24(18-33(27)28)19-8-3-1-4-9-19)21-14-16-23(17-15-21)30-22-12-7-13-22/h1-6,8-11,14-18,22,30H,7,12-13H2.